The van der Waals surface area contributed by atoms with E-state index in [1.807, 2.05) is 45.0 Å². The number of rotatable bonds is 6. The second kappa shape index (κ2) is 7.49. The molecular formula is C17H20N4O2S. The van der Waals surface area contributed by atoms with Gasteiger partial charge in [-0.15, -0.1) is 10.2 Å². The first-order valence-corrected chi connectivity index (χ1v) is 8.59. The lowest BCUT2D eigenvalue weighted by Gasteiger charge is -2.27. The van der Waals surface area contributed by atoms with Crippen LogP contribution >= 0.6 is 11.8 Å². The van der Waals surface area contributed by atoms with Gasteiger partial charge in [-0.1, -0.05) is 43.8 Å². The van der Waals surface area contributed by atoms with E-state index in [2.05, 4.69) is 21.6 Å². The van der Waals surface area contributed by atoms with E-state index in [0.717, 1.165) is 22.9 Å². The molecule has 1 atom stereocenters. The fourth-order valence-electron chi connectivity index (χ4n) is 1.94. The van der Waals surface area contributed by atoms with Crippen molar-refractivity contribution in [3.8, 4) is 17.5 Å². The molecule has 0 aliphatic rings. The van der Waals surface area contributed by atoms with Gasteiger partial charge in [-0.05, 0) is 31.4 Å². The van der Waals surface area contributed by atoms with Gasteiger partial charge in [-0.2, -0.15) is 5.26 Å². The average molecular weight is 344 g/mol. The van der Waals surface area contributed by atoms with Gasteiger partial charge < -0.3 is 9.73 Å². The lowest BCUT2D eigenvalue weighted by atomic mass is 9.90. The molecular weight excluding hydrogens is 324 g/mol. The van der Waals surface area contributed by atoms with E-state index in [-0.39, 0.29) is 17.6 Å². The zero-order valence-electron chi connectivity index (χ0n) is 14.2. The lowest BCUT2D eigenvalue weighted by Crippen LogP contribution is -2.49. The number of aryl methyl sites for hydroxylation is 1. The number of carbonyl (C=O) groups is 1. The number of amides is 1. The predicted octanol–water partition coefficient (Wildman–Crippen LogP) is 3.19. The Balaban J connectivity index is 1.98. The maximum absolute atomic E-state index is 12.1. The summed E-state index contributed by atoms with van der Waals surface area (Å²) in [6.45, 7) is 7.46. The monoisotopic (exact) mass is 344 g/mol. The second-order valence-corrected chi connectivity index (χ2v) is 6.92. The van der Waals surface area contributed by atoms with E-state index in [4.69, 9.17) is 4.42 Å². The van der Waals surface area contributed by atoms with Crippen LogP contribution in [-0.2, 0) is 4.79 Å². The summed E-state index contributed by atoms with van der Waals surface area (Å²) in [5.41, 5.74) is 1.02. The highest BCUT2D eigenvalue weighted by Gasteiger charge is 2.30. The van der Waals surface area contributed by atoms with Crippen molar-refractivity contribution in [1.82, 2.24) is 15.5 Å². The summed E-state index contributed by atoms with van der Waals surface area (Å²) < 4.78 is 5.60. The number of nitrogens with zero attached hydrogens (tertiary/aromatic N) is 3. The van der Waals surface area contributed by atoms with Gasteiger partial charge in [0, 0.05) is 5.56 Å². The van der Waals surface area contributed by atoms with Crippen LogP contribution in [0.2, 0.25) is 0 Å². The summed E-state index contributed by atoms with van der Waals surface area (Å²) in [5, 5.41) is 20.3. The minimum Gasteiger partial charge on any atom is -0.411 e. The molecule has 0 radical (unpaired) electrons. The van der Waals surface area contributed by atoms with Crippen LogP contribution in [0.4, 0.5) is 0 Å². The van der Waals surface area contributed by atoms with Gasteiger partial charge in [0.25, 0.3) is 5.22 Å². The van der Waals surface area contributed by atoms with Crippen LogP contribution < -0.4 is 5.32 Å². The highest BCUT2D eigenvalue weighted by Crippen LogP contribution is 2.25. The molecule has 2 aromatic rings. The topological polar surface area (TPSA) is 91.8 Å². The average Bonchev–Trinajstić information content (AvgIpc) is 3.01. The van der Waals surface area contributed by atoms with E-state index in [1.165, 1.54) is 0 Å². The summed E-state index contributed by atoms with van der Waals surface area (Å²) in [6.07, 6.45) is 0. The maximum Gasteiger partial charge on any atom is 0.277 e. The van der Waals surface area contributed by atoms with Crippen LogP contribution in [0.15, 0.2) is 33.9 Å². The molecule has 126 valence electrons. The van der Waals surface area contributed by atoms with Gasteiger partial charge in [-0.3, -0.25) is 4.79 Å². The number of nitrogens with one attached hydrogen (secondary N) is 1. The largest absolute Gasteiger partial charge is 0.411 e. The number of aromatic nitrogens is 2. The standard InChI is InChI=1S/C17H20N4O2S/c1-11(2)17(4,10-18)19-14(22)9-24-16-21-20-15(23-16)13-8-6-5-7-12(13)3/h5-8,11H,9H2,1-4H3,(H,19,22)/t17-/m0/s1. The molecule has 0 spiro atoms. The van der Waals surface area contributed by atoms with Crippen LogP contribution in [0.5, 0.6) is 0 Å². The van der Waals surface area contributed by atoms with Crippen molar-refractivity contribution >= 4 is 17.7 Å². The second-order valence-electron chi connectivity index (χ2n) is 5.99. The third kappa shape index (κ3) is 4.15. The van der Waals surface area contributed by atoms with E-state index < -0.39 is 5.54 Å². The third-order valence-electron chi connectivity index (χ3n) is 3.89. The summed E-state index contributed by atoms with van der Waals surface area (Å²) in [4.78, 5) is 12.1. The molecule has 1 aromatic heterocycles. The van der Waals surface area contributed by atoms with Gasteiger partial charge in [0.2, 0.25) is 11.8 Å². The first kappa shape index (κ1) is 18.0. The Morgan fingerprint density at radius 1 is 1.42 bits per heavy atom. The molecule has 0 aliphatic heterocycles. The van der Waals surface area contributed by atoms with Crippen molar-refractivity contribution in [2.45, 2.75) is 38.5 Å². The summed E-state index contributed by atoms with van der Waals surface area (Å²) in [6, 6.07) is 9.87. The molecule has 1 heterocycles. The quantitative estimate of drug-likeness (QED) is 0.809. The van der Waals surface area contributed by atoms with Gasteiger partial charge in [-0.25, -0.2) is 0 Å². The number of hydrogen-bond acceptors (Lipinski definition) is 6. The first-order valence-electron chi connectivity index (χ1n) is 7.60. The Morgan fingerprint density at radius 3 is 2.75 bits per heavy atom. The molecule has 6 nitrogen and oxygen atoms in total. The molecule has 0 fully saturated rings. The number of benzene rings is 1. The normalized spacial score (nSPS) is 13.3. The molecule has 1 aromatic carbocycles. The fourth-order valence-corrected chi connectivity index (χ4v) is 2.51. The van der Waals surface area contributed by atoms with Gasteiger partial charge in [0.15, 0.2) is 0 Å². The van der Waals surface area contributed by atoms with Crippen molar-refractivity contribution in [2.75, 3.05) is 5.75 Å². The van der Waals surface area contributed by atoms with Crippen LogP contribution in [-0.4, -0.2) is 27.4 Å². The predicted molar refractivity (Wildman–Crippen MR) is 92.2 cm³/mol. The van der Waals surface area contributed by atoms with Crippen LogP contribution in [0.1, 0.15) is 26.3 Å². The van der Waals surface area contributed by atoms with Crippen molar-refractivity contribution in [1.29, 1.82) is 5.26 Å². The number of carbonyl (C=O) groups excluding carboxylic acids is 1. The zero-order valence-corrected chi connectivity index (χ0v) is 15.0. The van der Waals surface area contributed by atoms with E-state index in [1.54, 1.807) is 6.92 Å². The Kier molecular flexibility index (Phi) is 5.62. The van der Waals surface area contributed by atoms with Crippen molar-refractivity contribution < 1.29 is 9.21 Å². The van der Waals surface area contributed by atoms with Crippen LogP contribution in [0, 0.1) is 24.2 Å². The maximum atomic E-state index is 12.1. The van der Waals surface area contributed by atoms with Crippen molar-refractivity contribution in [3.05, 3.63) is 29.8 Å². The number of thioether (sulfide) groups is 1. The SMILES string of the molecule is Cc1ccccc1-c1nnc(SCC(=O)N[C@@](C)(C#N)C(C)C)o1. The van der Waals surface area contributed by atoms with Crippen LogP contribution in [0.25, 0.3) is 11.5 Å². The van der Waals surface area contributed by atoms with Gasteiger partial charge in [0.05, 0.1) is 11.8 Å². The van der Waals surface area contributed by atoms with Crippen molar-refractivity contribution in [3.63, 3.8) is 0 Å². The summed E-state index contributed by atoms with van der Waals surface area (Å²) in [5.74, 6) is 0.306. The minimum absolute atomic E-state index is 0.00696. The molecule has 0 bridgehead atoms. The Labute approximate surface area is 145 Å². The Bertz CT molecular complexity index is 766. The molecule has 2 rings (SSSR count). The van der Waals surface area contributed by atoms with Gasteiger partial charge >= 0.3 is 0 Å². The third-order valence-corrected chi connectivity index (χ3v) is 4.71. The van der Waals surface area contributed by atoms with Gasteiger partial charge in [0.1, 0.15) is 5.54 Å². The highest BCUT2D eigenvalue weighted by molar-refractivity contribution is 7.99. The van der Waals surface area contributed by atoms with E-state index in [9.17, 15) is 10.1 Å². The minimum atomic E-state index is -0.890. The highest BCUT2D eigenvalue weighted by atomic mass is 32.2. The smallest absolute Gasteiger partial charge is 0.277 e. The zero-order chi connectivity index (χ0) is 17.7. The lowest BCUT2D eigenvalue weighted by molar-refractivity contribution is -0.120. The van der Waals surface area contributed by atoms with Crippen molar-refractivity contribution in [2.24, 2.45) is 5.92 Å². The first-order chi connectivity index (χ1) is 11.4. The molecule has 0 saturated carbocycles. The van der Waals surface area contributed by atoms with E-state index >= 15 is 0 Å². The molecule has 1 amide bonds. The molecule has 24 heavy (non-hydrogen) atoms. The molecule has 0 aliphatic carbocycles. The molecule has 0 saturated heterocycles. The summed E-state index contributed by atoms with van der Waals surface area (Å²) in [7, 11) is 0. The number of hydrogen-bond donors (Lipinski definition) is 1. The Hall–Kier alpha value is -2.33. The Morgan fingerprint density at radius 2 is 2.12 bits per heavy atom. The van der Waals surface area contributed by atoms with E-state index in [0.29, 0.717) is 11.1 Å². The molecule has 0 unspecified atom stereocenters. The fraction of sp³-hybridized carbons (Fsp3) is 0.412. The summed E-state index contributed by atoms with van der Waals surface area (Å²) >= 11 is 1.15. The number of nitriles is 1. The van der Waals surface area contributed by atoms with Crippen LogP contribution in [0.3, 0.4) is 0 Å². The molecule has 1 N–H and O–H groups in total. The molecule has 7 heteroatoms.